The maximum Gasteiger partial charge on any atom is 0.255 e. The molecule has 0 saturated heterocycles. The van der Waals surface area contributed by atoms with Gasteiger partial charge in [-0.25, -0.2) is 4.39 Å². The zero-order valence-electron chi connectivity index (χ0n) is 10.4. The van der Waals surface area contributed by atoms with E-state index in [0.29, 0.717) is 5.56 Å². The molecule has 4 nitrogen and oxygen atoms in total. The van der Waals surface area contributed by atoms with E-state index < -0.39 is 11.6 Å². The number of phenols is 1. The number of nitrogens with one attached hydrogen (secondary N) is 2. The topological polar surface area (TPSA) is 65.1 Å². The Morgan fingerprint density at radius 1 is 1.15 bits per heavy atom. The Kier molecular flexibility index (Phi) is 2.87. The van der Waals surface area contributed by atoms with Crippen LogP contribution >= 0.6 is 0 Å². The summed E-state index contributed by atoms with van der Waals surface area (Å²) in [5, 5.41) is 12.7. The van der Waals surface area contributed by atoms with Gasteiger partial charge in [-0.15, -0.1) is 0 Å². The van der Waals surface area contributed by atoms with E-state index in [1.54, 1.807) is 18.3 Å². The van der Waals surface area contributed by atoms with Crippen LogP contribution in [0.1, 0.15) is 10.4 Å². The van der Waals surface area contributed by atoms with Crippen molar-refractivity contribution >= 4 is 22.5 Å². The minimum atomic E-state index is -0.775. The molecule has 0 unspecified atom stereocenters. The van der Waals surface area contributed by atoms with E-state index >= 15 is 0 Å². The first-order valence-corrected chi connectivity index (χ1v) is 6.00. The van der Waals surface area contributed by atoms with Gasteiger partial charge in [-0.05, 0) is 35.7 Å². The number of benzene rings is 2. The monoisotopic (exact) mass is 270 g/mol. The van der Waals surface area contributed by atoms with Crippen molar-refractivity contribution in [2.75, 3.05) is 5.32 Å². The minimum absolute atomic E-state index is 0.289. The summed E-state index contributed by atoms with van der Waals surface area (Å²) in [4.78, 5) is 15.1. The molecule has 0 spiro atoms. The van der Waals surface area contributed by atoms with E-state index in [4.69, 9.17) is 5.11 Å². The average Bonchev–Trinajstić information content (AvgIpc) is 2.90. The molecule has 0 bridgehead atoms. The Morgan fingerprint density at radius 2 is 2.00 bits per heavy atom. The number of aromatic amines is 1. The predicted molar refractivity (Wildman–Crippen MR) is 74.3 cm³/mol. The van der Waals surface area contributed by atoms with Gasteiger partial charge in [-0.1, -0.05) is 6.07 Å². The second kappa shape index (κ2) is 4.70. The molecule has 100 valence electrons. The maximum atomic E-state index is 13.2. The van der Waals surface area contributed by atoms with Crippen LogP contribution in [0.4, 0.5) is 10.1 Å². The standard InChI is InChI=1S/C15H11FN2O2/c16-12-8-11(3-4-14(12)19)18-15(20)10-2-1-9-5-6-17-13(9)7-10/h1-8,17,19H,(H,18,20). The molecule has 0 atom stereocenters. The molecule has 20 heavy (non-hydrogen) atoms. The average molecular weight is 270 g/mol. The SMILES string of the molecule is O=C(Nc1ccc(O)c(F)c1)c1ccc2cc[nH]c2c1. The highest BCUT2D eigenvalue weighted by Gasteiger charge is 2.09. The van der Waals surface area contributed by atoms with Gasteiger partial charge in [0.05, 0.1) is 0 Å². The van der Waals surface area contributed by atoms with Gasteiger partial charge in [0, 0.05) is 29.0 Å². The maximum absolute atomic E-state index is 13.2. The van der Waals surface area contributed by atoms with Crippen molar-refractivity contribution in [3.8, 4) is 5.75 Å². The van der Waals surface area contributed by atoms with Gasteiger partial charge in [0.25, 0.3) is 5.91 Å². The lowest BCUT2D eigenvalue weighted by molar-refractivity contribution is 0.102. The third kappa shape index (κ3) is 2.21. The van der Waals surface area contributed by atoms with Gasteiger partial charge in [0.1, 0.15) is 0 Å². The lowest BCUT2D eigenvalue weighted by atomic mass is 10.1. The van der Waals surface area contributed by atoms with E-state index in [9.17, 15) is 9.18 Å². The molecular formula is C15H11FN2O2. The van der Waals surface area contributed by atoms with E-state index in [2.05, 4.69) is 10.3 Å². The second-order valence-electron chi connectivity index (χ2n) is 4.40. The second-order valence-corrected chi connectivity index (χ2v) is 4.40. The highest BCUT2D eigenvalue weighted by molar-refractivity contribution is 6.06. The highest BCUT2D eigenvalue weighted by Crippen LogP contribution is 2.20. The van der Waals surface area contributed by atoms with Crippen molar-refractivity contribution in [3.05, 3.63) is 60.0 Å². The number of H-pyrrole nitrogens is 1. The van der Waals surface area contributed by atoms with Gasteiger partial charge < -0.3 is 15.4 Å². The molecule has 0 aliphatic rings. The normalized spacial score (nSPS) is 10.7. The summed E-state index contributed by atoms with van der Waals surface area (Å²) < 4.78 is 13.2. The number of fused-ring (bicyclic) bond motifs is 1. The van der Waals surface area contributed by atoms with Crippen LogP contribution in [-0.2, 0) is 0 Å². The van der Waals surface area contributed by atoms with Gasteiger partial charge in [-0.3, -0.25) is 4.79 Å². The fourth-order valence-corrected chi connectivity index (χ4v) is 1.98. The zero-order valence-corrected chi connectivity index (χ0v) is 10.4. The Bertz CT molecular complexity index is 795. The van der Waals surface area contributed by atoms with E-state index in [1.165, 1.54) is 12.1 Å². The number of rotatable bonds is 2. The number of phenolic OH excluding ortho intramolecular Hbond substituents is 1. The Morgan fingerprint density at radius 3 is 2.80 bits per heavy atom. The van der Waals surface area contributed by atoms with Crippen molar-refractivity contribution in [1.82, 2.24) is 4.98 Å². The van der Waals surface area contributed by atoms with Crippen molar-refractivity contribution in [1.29, 1.82) is 0 Å². The van der Waals surface area contributed by atoms with Crippen LogP contribution in [0.2, 0.25) is 0 Å². The summed E-state index contributed by atoms with van der Waals surface area (Å²) in [6.45, 7) is 0. The zero-order chi connectivity index (χ0) is 14.1. The number of carbonyl (C=O) groups excluding carboxylic acids is 1. The number of hydrogen-bond acceptors (Lipinski definition) is 2. The number of amides is 1. The van der Waals surface area contributed by atoms with Gasteiger partial charge in [-0.2, -0.15) is 0 Å². The summed E-state index contributed by atoms with van der Waals surface area (Å²) in [7, 11) is 0. The van der Waals surface area contributed by atoms with Crippen LogP contribution in [0.25, 0.3) is 10.9 Å². The van der Waals surface area contributed by atoms with Gasteiger partial charge in [0.15, 0.2) is 11.6 Å². The van der Waals surface area contributed by atoms with E-state index in [-0.39, 0.29) is 11.6 Å². The van der Waals surface area contributed by atoms with E-state index in [0.717, 1.165) is 17.0 Å². The summed E-state index contributed by atoms with van der Waals surface area (Å²) in [6.07, 6.45) is 1.79. The molecule has 0 saturated carbocycles. The van der Waals surface area contributed by atoms with Crippen molar-refractivity contribution in [3.63, 3.8) is 0 Å². The fourth-order valence-electron chi connectivity index (χ4n) is 1.98. The Hall–Kier alpha value is -2.82. The number of aromatic hydroxyl groups is 1. The van der Waals surface area contributed by atoms with Gasteiger partial charge in [0.2, 0.25) is 0 Å². The minimum Gasteiger partial charge on any atom is -0.505 e. The number of halogens is 1. The van der Waals surface area contributed by atoms with Crippen molar-refractivity contribution < 1.29 is 14.3 Å². The van der Waals surface area contributed by atoms with Crippen LogP contribution < -0.4 is 5.32 Å². The molecule has 0 aliphatic carbocycles. The van der Waals surface area contributed by atoms with Crippen LogP contribution in [0.15, 0.2) is 48.7 Å². The van der Waals surface area contributed by atoms with Crippen molar-refractivity contribution in [2.45, 2.75) is 0 Å². The quantitative estimate of drug-likeness (QED) is 0.626. The molecule has 1 amide bonds. The van der Waals surface area contributed by atoms with Crippen LogP contribution in [0.3, 0.4) is 0 Å². The molecule has 0 radical (unpaired) electrons. The molecule has 3 rings (SSSR count). The molecule has 3 N–H and O–H groups in total. The molecule has 1 heterocycles. The first-order chi connectivity index (χ1) is 9.63. The smallest absolute Gasteiger partial charge is 0.255 e. The molecule has 5 heteroatoms. The van der Waals surface area contributed by atoms with Crippen LogP contribution in [0.5, 0.6) is 5.75 Å². The lowest BCUT2D eigenvalue weighted by Crippen LogP contribution is -2.11. The number of hydrogen-bond donors (Lipinski definition) is 3. The third-order valence-corrected chi connectivity index (χ3v) is 3.02. The molecule has 0 fully saturated rings. The Labute approximate surface area is 113 Å². The predicted octanol–water partition coefficient (Wildman–Crippen LogP) is 3.26. The first-order valence-electron chi connectivity index (χ1n) is 6.00. The molecule has 0 aliphatic heterocycles. The first kappa shape index (κ1) is 12.2. The number of aromatic nitrogens is 1. The Balaban J connectivity index is 1.86. The lowest BCUT2D eigenvalue weighted by Gasteiger charge is -2.06. The van der Waals surface area contributed by atoms with Gasteiger partial charge >= 0.3 is 0 Å². The van der Waals surface area contributed by atoms with Crippen LogP contribution in [0, 0.1) is 5.82 Å². The molecule has 2 aromatic carbocycles. The van der Waals surface area contributed by atoms with Crippen LogP contribution in [-0.4, -0.2) is 16.0 Å². The summed E-state index contributed by atoms with van der Waals surface area (Å²) in [5.74, 6) is -1.56. The van der Waals surface area contributed by atoms with E-state index in [1.807, 2.05) is 12.1 Å². The summed E-state index contributed by atoms with van der Waals surface area (Å²) in [6, 6.07) is 10.9. The largest absolute Gasteiger partial charge is 0.505 e. The fraction of sp³-hybridized carbons (Fsp3) is 0. The summed E-state index contributed by atoms with van der Waals surface area (Å²) in [5.41, 5.74) is 1.61. The number of carbonyl (C=O) groups is 1. The number of anilines is 1. The molecule has 1 aromatic heterocycles. The summed E-state index contributed by atoms with van der Waals surface area (Å²) >= 11 is 0. The van der Waals surface area contributed by atoms with Crippen molar-refractivity contribution in [2.24, 2.45) is 0 Å². The highest BCUT2D eigenvalue weighted by atomic mass is 19.1. The molecule has 3 aromatic rings. The molecular weight excluding hydrogens is 259 g/mol. The third-order valence-electron chi connectivity index (χ3n) is 3.02.